The molecule has 6 aliphatic heterocycles. The van der Waals surface area contributed by atoms with Gasteiger partial charge in [0.1, 0.15) is 10.1 Å². The standard InChI is InChI=1S/C100H154N4O2S8/c1-15-23-31-39-41-45-53-71(51-43-33-25-17-3)69-103-89(87-88(98(103)106)90(104(97(87)105)70-72(52-44-34-26-18-4)54-46-42-40-32-24-16-2)96-102-68-85(114-96)83-66-76(58-50-38-30-22-8)94(112-83)100(12,13)14)95-101-67-84(113-95)82-63-73(55-47-35-27-19-5)91(109-82)79-60-59-77(107-79)80-64-74(56-48-36-28-20-6)92(110-80)93-75(57-49-37-29-21-7)65-81(111-93)78-61-62-86(108-78)99(9,10)11/h59-63,67,71-72,80-81,83,85H,15-58,64-66,68-70H2,1-14H3. The highest BCUT2D eigenvalue weighted by Gasteiger charge is 2.53. The number of carbonyl (C=O) groups is 2. The lowest BCUT2D eigenvalue weighted by molar-refractivity contribution is -0.124. The molecule has 0 saturated carbocycles. The number of hydrogen-bond acceptors (Lipinski definition) is 12. The third-order valence-corrected chi connectivity index (χ3v) is 37.2. The fourth-order valence-electron chi connectivity index (χ4n) is 18.4. The molecule has 0 bridgehead atoms. The summed E-state index contributed by atoms with van der Waals surface area (Å²) in [4.78, 5) is 63.6. The summed E-state index contributed by atoms with van der Waals surface area (Å²) in [6, 6.07) is 12.4. The van der Waals surface area contributed by atoms with Gasteiger partial charge in [-0.15, -0.1) is 80.6 Å². The van der Waals surface area contributed by atoms with Crippen LogP contribution in [0.15, 0.2) is 89.8 Å². The van der Waals surface area contributed by atoms with Gasteiger partial charge in [0.2, 0.25) is 0 Å². The minimum atomic E-state index is 0.0130. The summed E-state index contributed by atoms with van der Waals surface area (Å²) in [5, 5.41) is 3.35. The number of hydrogen-bond donors (Lipinski definition) is 0. The second kappa shape index (κ2) is 48.3. The Morgan fingerprint density at radius 3 is 1.34 bits per heavy atom. The van der Waals surface area contributed by atoms with Crippen molar-refractivity contribution >= 4 is 115 Å². The van der Waals surface area contributed by atoms with Crippen molar-refractivity contribution in [2.24, 2.45) is 22.2 Å². The highest BCUT2D eigenvalue weighted by atomic mass is 32.2. The van der Waals surface area contributed by atoms with Gasteiger partial charge in [-0.2, -0.15) is 0 Å². The zero-order valence-corrected chi connectivity index (χ0v) is 80.7. The summed E-state index contributed by atoms with van der Waals surface area (Å²) in [5.41, 5.74) is 9.70. The van der Waals surface area contributed by atoms with Gasteiger partial charge in [-0.25, -0.2) is 4.98 Å². The monoisotopic (exact) mass is 1700 g/mol. The number of carbonyl (C=O) groups excluding carboxylic acids is 2. The Kier molecular flexibility index (Phi) is 39.7. The topological polar surface area (TPSA) is 65.9 Å². The lowest BCUT2D eigenvalue weighted by Gasteiger charge is -2.29. The van der Waals surface area contributed by atoms with Gasteiger partial charge in [0.15, 0.2) is 0 Å². The number of allylic oxidation sites excluding steroid dienone is 4. The van der Waals surface area contributed by atoms with E-state index >= 15 is 9.59 Å². The van der Waals surface area contributed by atoms with E-state index in [-0.39, 0.29) is 27.9 Å². The number of thioether (sulfide) groups is 4. The molecule has 6 nitrogen and oxygen atoms in total. The molecule has 634 valence electrons. The zero-order valence-electron chi connectivity index (χ0n) is 74.2. The molecular weight excluding hydrogens is 1550 g/mol. The Bertz CT molecular complexity index is 3830. The predicted octanol–water partition coefficient (Wildman–Crippen LogP) is 34.2. The van der Waals surface area contributed by atoms with Gasteiger partial charge < -0.3 is 9.80 Å². The van der Waals surface area contributed by atoms with Crippen LogP contribution in [0.3, 0.4) is 0 Å². The van der Waals surface area contributed by atoms with E-state index in [9.17, 15) is 0 Å². The van der Waals surface area contributed by atoms with Crippen LogP contribution in [0.1, 0.15) is 428 Å². The maximum Gasteiger partial charge on any atom is 0.261 e. The summed E-state index contributed by atoms with van der Waals surface area (Å²) in [5.74, 6) is 0.689. The Labute approximate surface area is 729 Å². The zero-order chi connectivity index (χ0) is 81.0. The molecule has 10 heterocycles. The number of thiazole rings is 1. The number of unbranched alkanes of at least 4 members (excludes halogenated alkanes) is 28. The molecule has 0 aromatic carbocycles. The van der Waals surface area contributed by atoms with E-state index in [0.717, 1.165) is 71.3 Å². The molecule has 0 saturated heterocycles. The van der Waals surface area contributed by atoms with Gasteiger partial charge >= 0.3 is 0 Å². The molecule has 2 amide bonds. The molecule has 0 radical (unpaired) electrons. The van der Waals surface area contributed by atoms with Crippen LogP contribution < -0.4 is 0 Å². The molecule has 4 aromatic rings. The van der Waals surface area contributed by atoms with Crippen molar-refractivity contribution in [3.05, 3.63) is 110 Å². The fraction of sp³-hybridized carbons (Fsp3) is 0.720. The summed E-state index contributed by atoms with van der Waals surface area (Å²) >= 11 is 16.3. The van der Waals surface area contributed by atoms with Crippen molar-refractivity contribution in [2.45, 2.75) is 425 Å². The number of thiophene rings is 3. The second-order valence-corrected chi connectivity index (χ2v) is 46.3. The van der Waals surface area contributed by atoms with E-state index in [1.165, 1.54) is 287 Å². The van der Waals surface area contributed by atoms with E-state index in [2.05, 4.69) is 201 Å². The number of amides is 2. The Morgan fingerprint density at radius 1 is 0.412 bits per heavy atom. The fourth-order valence-corrected chi connectivity index (χ4v) is 29.4. The number of aryl methyl sites for hydroxylation is 1. The van der Waals surface area contributed by atoms with Crippen molar-refractivity contribution in [3.63, 3.8) is 0 Å². The summed E-state index contributed by atoms with van der Waals surface area (Å²) in [7, 11) is 0. The first-order chi connectivity index (χ1) is 55.4. The van der Waals surface area contributed by atoms with Gasteiger partial charge in [0, 0.05) is 79.4 Å². The molecule has 0 fully saturated rings. The average molecular weight is 1700 g/mol. The summed E-state index contributed by atoms with van der Waals surface area (Å²) in [6.45, 7) is 35.0. The van der Waals surface area contributed by atoms with Crippen molar-refractivity contribution in [2.75, 3.05) is 19.6 Å². The normalized spacial score (nSPS) is 19.6. The van der Waals surface area contributed by atoms with Crippen LogP contribution in [-0.2, 0) is 21.4 Å². The maximum atomic E-state index is 16.7. The minimum Gasteiger partial charge on any atom is -0.305 e. The van der Waals surface area contributed by atoms with Crippen LogP contribution in [0.5, 0.6) is 0 Å². The first-order valence-electron chi connectivity index (χ1n) is 47.2. The molecule has 14 heteroatoms. The molecular formula is C100H154N4O2S8. The van der Waals surface area contributed by atoms with Gasteiger partial charge in [-0.05, 0) is 160 Å². The van der Waals surface area contributed by atoms with Crippen LogP contribution in [0, 0.1) is 17.3 Å². The number of nitrogens with zero attached hydrogens (tertiary/aromatic N) is 4. The number of aliphatic imine (C=N–C) groups is 1. The molecule has 6 atom stereocenters. The molecule has 4 aromatic heterocycles. The molecule has 0 aliphatic carbocycles. The molecule has 6 aliphatic rings. The number of rotatable bonds is 56. The highest BCUT2D eigenvalue weighted by molar-refractivity contribution is 8.16. The number of fused-ring (bicyclic) bond motifs is 1. The van der Waals surface area contributed by atoms with E-state index < -0.39 is 0 Å². The smallest absolute Gasteiger partial charge is 0.261 e. The lowest BCUT2D eigenvalue weighted by Crippen LogP contribution is -2.36. The van der Waals surface area contributed by atoms with Gasteiger partial charge in [0.05, 0.1) is 34.0 Å². The van der Waals surface area contributed by atoms with Crippen LogP contribution in [0.25, 0.3) is 25.2 Å². The number of aromatic nitrogens is 1. The quantitative estimate of drug-likeness (QED) is 0.0408. The summed E-state index contributed by atoms with van der Waals surface area (Å²) < 4.78 is 0. The SMILES string of the molecule is CCCCCCCCC(CCCCCC)CN1C(=O)C2=C(c3ncc(-c4cc(CCCCCC)c(-c5ccc(C6CC(CCCCCC)=C(C7=C(CCCCCC)CC(c8ccc(C(C)(C)C)s8)S7)S6)s5)s4)s3)N(CC(CCCCCC)CCCCCCCC)C(=O)C2=C1C1=NCC(C2CC(CCCCCC)=C(C(C)(C)C)S2)S1. The Hall–Kier alpha value is -2.56. The van der Waals surface area contributed by atoms with Gasteiger partial charge in [-0.1, -0.05) is 331 Å². The van der Waals surface area contributed by atoms with Gasteiger partial charge in [-0.3, -0.25) is 14.6 Å². The van der Waals surface area contributed by atoms with E-state index in [1.54, 1.807) is 47.6 Å². The average Bonchev–Trinajstić information content (AvgIpc) is 1.55. The largest absolute Gasteiger partial charge is 0.305 e. The highest BCUT2D eigenvalue weighted by Crippen LogP contribution is 2.63. The molecule has 114 heavy (non-hydrogen) atoms. The van der Waals surface area contributed by atoms with E-state index in [0.29, 0.717) is 58.4 Å². The van der Waals surface area contributed by atoms with E-state index in [1.807, 2.05) is 23.1 Å². The van der Waals surface area contributed by atoms with Crippen LogP contribution >= 0.6 is 92.4 Å². The molecule has 6 unspecified atom stereocenters. The minimum absolute atomic E-state index is 0.0130. The molecule has 0 spiro atoms. The van der Waals surface area contributed by atoms with Crippen LogP contribution in [0.2, 0.25) is 0 Å². The first kappa shape index (κ1) is 93.7. The molecule has 10 rings (SSSR count). The lowest BCUT2D eigenvalue weighted by atomic mass is 9.89. The third-order valence-electron chi connectivity index (χ3n) is 25.1. The van der Waals surface area contributed by atoms with Gasteiger partial charge in [0.25, 0.3) is 11.8 Å². The first-order valence-corrected chi connectivity index (χ1v) is 53.9. The Balaban J connectivity index is 1.03. The maximum absolute atomic E-state index is 16.7. The van der Waals surface area contributed by atoms with Crippen LogP contribution in [0.4, 0.5) is 0 Å². The third kappa shape index (κ3) is 26.2. The van der Waals surface area contributed by atoms with Crippen molar-refractivity contribution in [1.29, 1.82) is 0 Å². The Morgan fingerprint density at radius 2 is 0.851 bits per heavy atom. The second-order valence-electron chi connectivity index (χ2n) is 37.0. The van der Waals surface area contributed by atoms with Crippen molar-refractivity contribution in [1.82, 2.24) is 14.8 Å². The van der Waals surface area contributed by atoms with Crippen LogP contribution in [-0.4, -0.2) is 61.8 Å². The predicted molar refractivity (Wildman–Crippen MR) is 514 cm³/mol. The van der Waals surface area contributed by atoms with Crippen molar-refractivity contribution in [3.8, 4) is 19.5 Å². The summed E-state index contributed by atoms with van der Waals surface area (Å²) in [6.07, 6.45) is 59.8. The van der Waals surface area contributed by atoms with E-state index in [4.69, 9.17) is 9.98 Å². The molecule has 0 N–H and O–H groups in total. The van der Waals surface area contributed by atoms with Crippen molar-refractivity contribution < 1.29 is 9.59 Å².